The fraction of sp³-hybridized carbons (Fsp3) is 0.294. The Labute approximate surface area is 150 Å². The zero-order valence-electron chi connectivity index (χ0n) is 14.0. The van der Waals surface area contributed by atoms with Crippen LogP contribution in [0.3, 0.4) is 0 Å². The van der Waals surface area contributed by atoms with Crippen LogP contribution in [0.5, 0.6) is 0 Å². The van der Waals surface area contributed by atoms with Crippen molar-refractivity contribution in [3.8, 4) is 0 Å². The molecule has 26 heavy (non-hydrogen) atoms. The molecule has 1 aliphatic heterocycles. The number of hydrogen-bond donors (Lipinski definition) is 0. The van der Waals surface area contributed by atoms with Crippen molar-refractivity contribution in [1.82, 2.24) is 4.31 Å². The lowest BCUT2D eigenvalue weighted by Crippen LogP contribution is -2.42. The van der Waals surface area contributed by atoms with E-state index < -0.39 is 21.1 Å². The molecule has 0 radical (unpaired) electrons. The van der Waals surface area contributed by atoms with Gasteiger partial charge in [0.2, 0.25) is 10.0 Å². The van der Waals surface area contributed by atoms with Crippen molar-refractivity contribution >= 4 is 15.7 Å². The fourth-order valence-electron chi connectivity index (χ4n) is 2.82. The lowest BCUT2D eigenvalue weighted by atomic mass is 10.1. The molecule has 2 aromatic rings. The van der Waals surface area contributed by atoms with Crippen LogP contribution in [0.15, 0.2) is 47.4 Å². The number of aryl methyl sites for hydroxylation is 1. The summed E-state index contributed by atoms with van der Waals surface area (Å²) < 4.78 is 45.7. The topological polar surface area (TPSA) is 89.8 Å². The molecule has 9 heteroatoms. The number of benzene rings is 2. The van der Waals surface area contributed by atoms with Gasteiger partial charge in [-0.1, -0.05) is 18.2 Å². The normalized spacial score (nSPS) is 18.6. The minimum absolute atomic E-state index is 0.0512. The molecular formula is C17H17FN2O5S. The van der Waals surface area contributed by atoms with Crippen LogP contribution in [0, 0.1) is 22.9 Å². The van der Waals surface area contributed by atoms with E-state index in [1.807, 2.05) is 0 Å². The zero-order valence-corrected chi connectivity index (χ0v) is 14.8. The van der Waals surface area contributed by atoms with Crippen LogP contribution < -0.4 is 0 Å². The average molecular weight is 380 g/mol. The number of hydrogen-bond acceptors (Lipinski definition) is 5. The Morgan fingerprint density at radius 3 is 2.58 bits per heavy atom. The van der Waals surface area contributed by atoms with E-state index in [0.29, 0.717) is 11.1 Å². The van der Waals surface area contributed by atoms with Crippen LogP contribution in [-0.4, -0.2) is 37.3 Å². The molecule has 7 nitrogen and oxygen atoms in total. The van der Waals surface area contributed by atoms with Crippen LogP contribution in [0.2, 0.25) is 0 Å². The molecule has 138 valence electrons. The van der Waals surface area contributed by atoms with E-state index >= 15 is 0 Å². The minimum atomic E-state index is -3.91. The van der Waals surface area contributed by atoms with Gasteiger partial charge in [-0.2, -0.15) is 4.31 Å². The van der Waals surface area contributed by atoms with Crippen LogP contribution in [0.4, 0.5) is 10.1 Å². The smallest absolute Gasteiger partial charge is 0.273 e. The van der Waals surface area contributed by atoms with E-state index in [1.54, 1.807) is 19.1 Å². The monoisotopic (exact) mass is 380 g/mol. The second-order valence-electron chi connectivity index (χ2n) is 5.98. The third-order valence-electron chi connectivity index (χ3n) is 4.29. The molecule has 2 aromatic carbocycles. The number of nitro groups is 1. The third-order valence-corrected chi connectivity index (χ3v) is 6.15. The van der Waals surface area contributed by atoms with Crippen LogP contribution in [0.1, 0.15) is 17.2 Å². The summed E-state index contributed by atoms with van der Waals surface area (Å²) >= 11 is 0. The standard InChI is InChI=1S/C17H17FN2O5S/c1-12-2-7-15(10-16(12)20(21)22)26(23,24)19-8-9-25-17(11-19)13-3-5-14(18)6-4-13/h2-7,10,17H,8-9,11H2,1H3. The van der Waals surface area contributed by atoms with Crippen molar-refractivity contribution in [2.45, 2.75) is 17.9 Å². The van der Waals surface area contributed by atoms with Gasteiger partial charge in [0.25, 0.3) is 5.69 Å². The van der Waals surface area contributed by atoms with E-state index in [2.05, 4.69) is 0 Å². The SMILES string of the molecule is Cc1ccc(S(=O)(=O)N2CCOC(c3ccc(F)cc3)C2)cc1[N+](=O)[O-]. The fourth-order valence-corrected chi connectivity index (χ4v) is 4.26. The summed E-state index contributed by atoms with van der Waals surface area (Å²) in [6.45, 7) is 1.92. The first-order valence-electron chi connectivity index (χ1n) is 7.91. The summed E-state index contributed by atoms with van der Waals surface area (Å²) in [6, 6.07) is 9.53. The van der Waals surface area contributed by atoms with E-state index in [-0.39, 0.29) is 36.1 Å². The van der Waals surface area contributed by atoms with E-state index in [4.69, 9.17) is 4.74 Å². The Morgan fingerprint density at radius 1 is 1.23 bits per heavy atom. The van der Waals surface area contributed by atoms with E-state index in [0.717, 1.165) is 6.07 Å². The highest BCUT2D eigenvalue weighted by molar-refractivity contribution is 7.89. The van der Waals surface area contributed by atoms with Crippen LogP contribution >= 0.6 is 0 Å². The molecule has 0 aliphatic carbocycles. The van der Waals surface area contributed by atoms with Crippen molar-refractivity contribution in [2.75, 3.05) is 19.7 Å². The highest BCUT2D eigenvalue weighted by Gasteiger charge is 2.32. The van der Waals surface area contributed by atoms with Gasteiger partial charge >= 0.3 is 0 Å². The van der Waals surface area contributed by atoms with Gasteiger partial charge in [0.05, 0.1) is 22.5 Å². The summed E-state index contributed by atoms with van der Waals surface area (Å²) in [7, 11) is -3.91. The molecular weight excluding hydrogens is 363 g/mol. The molecule has 3 rings (SSSR count). The molecule has 0 spiro atoms. The summed E-state index contributed by atoms with van der Waals surface area (Å²) in [5.41, 5.74) is 0.815. The number of rotatable bonds is 4. The number of morpholine rings is 1. The zero-order chi connectivity index (χ0) is 18.9. The largest absolute Gasteiger partial charge is 0.371 e. The maximum Gasteiger partial charge on any atom is 0.273 e. The highest BCUT2D eigenvalue weighted by Crippen LogP contribution is 2.29. The Bertz CT molecular complexity index is 931. The summed E-state index contributed by atoms with van der Waals surface area (Å²) in [4.78, 5) is 10.4. The van der Waals surface area contributed by atoms with E-state index in [1.165, 1.54) is 28.6 Å². The molecule has 1 aliphatic rings. The Hall–Kier alpha value is -2.36. The second-order valence-corrected chi connectivity index (χ2v) is 7.92. The van der Waals surface area contributed by atoms with E-state index in [9.17, 15) is 22.9 Å². The van der Waals surface area contributed by atoms with Crippen molar-refractivity contribution in [1.29, 1.82) is 0 Å². The summed E-state index contributed by atoms with van der Waals surface area (Å²) in [5, 5.41) is 11.1. The highest BCUT2D eigenvalue weighted by atomic mass is 32.2. The van der Waals surface area contributed by atoms with Gasteiger partial charge in [0.1, 0.15) is 5.82 Å². The van der Waals surface area contributed by atoms with Gasteiger partial charge in [0, 0.05) is 24.7 Å². The van der Waals surface area contributed by atoms with Gasteiger partial charge in [-0.25, -0.2) is 12.8 Å². The van der Waals surface area contributed by atoms with Crippen molar-refractivity contribution in [3.05, 3.63) is 69.5 Å². The van der Waals surface area contributed by atoms with Crippen molar-refractivity contribution < 1.29 is 22.5 Å². The molecule has 1 heterocycles. The van der Waals surface area contributed by atoms with Crippen LogP contribution in [0.25, 0.3) is 0 Å². The predicted molar refractivity (Wildman–Crippen MR) is 91.7 cm³/mol. The van der Waals surface area contributed by atoms with Crippen molar-refractivity contribution in [3.63, 3.8) is 0 Å². The number of nitrogens with zero attached hydrogens (tertiary/aromatic N) is 2. The van der Waals surface area contributed by atoms with Gasteiger partial charge in [-0.15, -0.1) is 0 Å². The molecule has 1 saturated heterocycles. The molecule has 0 amide bonds. The van der Waals surface area contributed by atoms with Gasteiger partial charge in [0.15, 0.2) is 0 Å². The lowest BCUT2D eigenvalue weighted by molar-refractivity contribution is -0.385. The first kappa shape index (κ1) is 18.4. The number of sulfonamides is 1. The summed E-state index contributed by atoms with van der Waals surface area (Å²) in [5.74, 6) is -0.388. The molecule has 0 aromatic heterocycles. The Morgan fingerprint density at radius 2 is 1.92 bits per heavy atom. The molecule has 0 saturated carbocycles. The van der Waals surface area contributed by atoms with Crippen molar-refractivity contribution in [2.24, 2.45) is 0 Å². The average Bonchev–Trinajstić information content (AvgIpc) is 2.62. The number of ether oxygens (including phenoxy) is 1. The predicted octanol–water partition coefficient (Wildman–Crippen LogP) is 2.80. The van der Waals surface area contributed by atoms with Gasteiger partial charge in [-0.3, -0.25) is 10.1 Å². The molecule has 0 bridgehead atoms. The quantitative estimate of drug-likeness (QED) is 0.601. The first-order valence-corrected chi connectivity index (χ1v) is 9.35. The number of halogens is 1. The Kier molecular flexibility index (Phi) is 5.03. The number of nitro benzene ring substituents is 1. The minimum Gasteiger partial charge on any atom is -0.371 e. The second kappa shape index (κ2) is 7.10. The van der Waals surface area contributed by atoms with Crippen LogP contribution in [-0.2, 0) is 14.8 Å². The van der Waals surface area contributed by atoms with Gasteiger partial charge < -0.3 is 4.74 Å². The molecule has 0 N–H and O–H groups in total. The Balaban J connectivity index is 1.88. The summed E-state index contributed by atoms with van der Waals surface area (Å²) in [6.07, 6.45) is -0.528. The lowest BCUT2D eigenvalue weighted by Gasteiger charge is -2.32. The maximum absolute atomic E-state index is 13.1. The molecule has 1 atom stereocenters. The first-order chi connectivity index (χ1) is 12.3. The third kappa shape index (κ3) is 3.59. The maximum atomic E-state index is 13.1. The van der Waals surface area contributed by atoms with Gasteiger partial charge in [-0.05, 0) is 30.7 Å². The molecule has 1 unspecified atom stereocenters. The molecule has 1 fully saturated rings.